The summed E-state index contributed by atoms with van der Waals surface area (Å²) >= 11 is 3.43. The summed E-state index contributed by atoms with van der Waals surface area (Å²) in [6.45, 7) is 0.772. The molecule has 130 valence electrons. The molecule has 3 aromatic carbocycles. The molecule has 0 unspecified atom stereocenters. The van der Waals surface area contributed by atoms with Gasteiger partial charge in [0.2, 0.25) is 0 Å². The Balaban J connectivity index is 1.42. The highest BCUT2D eigenvalue weighted by Gasteiger charge is 2.28. The van der Waals surface area contributed by atoms with Crippen molar-refractivity contribution in [2.24, 2.45) is 0 Å². The molecule has 0 atom stereocenters. The zero-order valence-electron chi connectivity index (χ0n) is 14.1. The summed E-state index contributed by atoms with van der Waals surface area (Å²) in [6.07, 6.45) is -0.396. The van der Waals surface area contributed by atoms with Crippen molar-refractivity contribution in [3.05, 3.63) is 94.0 Å². The molecule has 0 spiro atoms. The Morgan fingerprint density at radius 1 is 0.923 bits per heavy atom. The highest BCUT2D eigenvalue weighted by Crippen LogP contribution is 2.44. The Morgan fingerprint density at radius 2 is 1.58 bits per heavy atom. The molecule has 26 heavy (non-hydrogen) atoms. The quantitative estimate of drug-likeness (QED) is 0.620. The topological polar surface area (TPSA) is 38.3 Å². The van der Waals surface area contributed by atoms with E-state index in [4.69, 9.17) is 4.74 Å². The maximum Gasteiger partial charge on any atom is 0.407 e. The van der Waals surface area contributed by atoms with Crippen LogP contribution in [-0.2, 0) is 11.3 Å². The third-order valence-electron chi connectivity index (χ3n) is 4.67. The van der Waals surface area contributed by atoms with Gasteiger partial charge >= 0.3 is 6.09 Å². The van der Waals surface area contributed by atoms with Crippen LogP contribution in [0.25, 0.3) is 11.1 Å². The summed E-state index contributed by atoms with van der Waals surface area (Å²) in [6, 6.07) is 24.5. The summed E-state index contributed by atoms with van der Waals surface area (Å²) in [7, 11) is 0. The number of carbonyl (C=O) groups is 1. The third-order valence-corrected chi connectivity index (χ3v) is 5.16. The molecule has 3 aromatic rings. The van der Waals surface area contributed by atoms with Gasteiger partial charge in [-0.1, -0.05) is 76.6 Å². The Morgan fingerprint density at radius 3 is 2.23 bits per heavy atom. The molecule has 1 aliphatic rings. The van der Waals surface area contributed by atoms with E-state index in [1.165, 1.54) is 22.3 Å². The Bertz CT molecular complexity index is 909. The predicted octanol–water partition coefficient (Wildman–Crippen LogP) is 5.49. The highest BCUT2D eigenvalue weighted by atomic mass is 79.9. The monoisotopic (exact) mass is 407 g/mol. The number of nitrogens with one attached hydrogen (secondary N) is 1. The molecule has 4 heteroatoms. The first-order valence-corrected chi connectivity index (χ1v) is 9.35. The van der Waals surface area contributed by atoms with Crippen LogP contribution in [0.5, 0.6) is 0 Å². The van der Waals surface area contributed by atoms with Gasteiger partial charge in [0.05, 0.1) is 0 Å². The minimum atomic E-state index is -0.396. The van der Waals surface area contributed by atoms with Crippen molar-refractivity contribution in [3.8, 4) is 11.1 Å². The first-order valence-electron chi connectivity index (χ1n) is 8.55. The van der Waals surface area contributed by atoms with Crippen LogP contribution in [-0.4, -0.2) is 12.7 Å². The lowest BCUT2D eigenvalue weighted by Crippen LogP contribution is -2.25. The van der Waals surface area contributed by atoms with Gasteiger partial charge in [-0.05, 0) is 39.9 Å². The van der Waals surface area contributed by atoms with Crippen molar-refractivity contribution in [2.45, 2.75) is 12.5 Å². The second kappa shape index (κ2) is 7.34. The van der Waals surface area contributed by atoms with Crippen molar-refractivity contribution in [3.63, 3.8) is 0 Å². The summed E-state index contributed by atoms with van der Waals surface area (Å²) < 4.78 is 6.52. The molecule has 4 rings (SSSR count). The molecule has 1 aliphatic carbocycles. The summed E-state index contributed by atoms with van der Waals surface area (Å²) in [5, 5.41) is 2.82. The number of hydrogen-bond donors (Lipinski definition) is 1. The van der Waals surface area contributed by atoms with Crippen LogP contribution in [0.3, 0.4) is 0 Å². The average molecular weight is 408 g/mol. The van der Waals surface area contributed by atoms with E-state index in [0.717, 1.165) is 10.0 Å². The van der Waals surface area contributed by atoms with E-state index < -0.39 is 6.09 Å². The highest BCUT2D eigenvalue weighted by molar-refractivity contribution is 9.10. The number of alkyl carbamates (subject to hydrolysis) is 1. The molecule has 0 fully saturated rings. The standard InChI is InChI=1S/C22H18BrNO2/c23-16-7-5-6-15(12-16)13-24-22(25)26-14-21-19-10-3-1-8-17(19)18-9-2-4-11-20(18)21/h1-12,21H,13-14H2,(H,24,25). The third kappa shape index (κ3) is 3.37. The lowest BCUT2D eigenvalue weighted by atomic mass is 9.98. The molecule has 0 aliphatic heterocycles. The van der Waals surface area contributed by atoms with Crippen LogP contribution < -0.4 is 5.32 Å². The number of halogens is 1. The molecule has 0 saturated carbocycles. The van der Waals surface area contributed by atoms with Crippen molar-refractivity contribution < 1.29 is 9.53 Å². The van der Waals surface area contributed by atoms with E-state index >= 15 is 0 Å². The minimum Gasteiger partial charge on any atom is -0.449 e. The summed E-state index contributed by atoms with van der Waals surface area (Å²) in [5.74, 6) is 0.0824. The minimum absolute atomic E-state index is 0.0824. The normalized spacial score (nSPS) is 12.3. The van der Waals surface area contributed by atoms with Gasteiger partial charge in [0.25, 0.3) is 0 Å². The van der Waals surface area contributed by atoms with Gasteiger partial charge < -0.3 is 10.1 Å². The van der Waals surface area contributed by atoms with Gasteiger partial charge in [-0.15, -0.1) is 0 Å². The van der Waals surface area contributed by atoms with Crippen LogP contribution in [0.1, 0.15) is 22.6 Å². The predicted molar refractivity (Wildman–Crippen MR) is 106 cm³/mol. The molecule has 0 radical (unpaired) electrons. The lowest BCUT2D eigenvalue weighted by molar-refractivity contribution is 0.142. The van der Waals surface area contributed by atoms with E-state index in [0.29, 0.717) is 13.2 Å². The maximum absolute atomic E-state index is 12.1. The van der Waals surface area contributed by atoms with E-state index in [1.54, 1.807) is 0 Å². The smallest absolute Gasteiger partial charge is 0.407 e. The number of rotatable bonds is 4. The van der Waals surface area contributed by atoms with E-state index in [9.17, 15) is 4.79 Å². The van der Waals surface area contributed by atoms with Crippen LogP contribution in [0, 0.1) is 0 Å². The SMILES string of the molecule is O=C(NCc1cccc(Br)c1)OCC1c2ccccc2-c2ccccc21. The molecule has 0 heterocycles. The van der Waals surface area contributed by atoms with Crippen LogP contribution in [0.15, 0.2) is 77.3 Å². The fourth-order valence-electron chi connectivity index (χ4n) is 3.47. The lowest BCUT2D eigenvalue weighted by Gasteiger charge is -2.14. The second-order valence-corrected chi connectivity index (χ2v) is 7.22. The largest absolute Gasteiger partial charge is 0.449 e. The van der Waals surface area contributed by atoms with Crippen LogP contribution >= 0.6 is 15.9 Å². The molecule has 3 nitrogen and oxygen atoms in total. The summed E-state index contributed by atoms with van der Waals surface area (Å²) in [4.78, 5) is 12.1. The fourth-order valence-corrected chi connectivity index (χ4v) is 3.92. The van der Waals surface area contributed by atoms with Gasteiger partial charge in [0, 0.05) is 16.9 Å². The molecule has 1 N–H and O–H groups in total. The molecule has 0 bridgehead atoms. The first kappa shape index (κ1) is 16.9. The Kier molecular flexibility index (Phi) is 4.76. The number of ether oxygens (including phenoxy) is 1. The fraction of sp³-hybridized carbons (Fsp3) is 0.136. The van der Waals surface area contributed by atoms with Crippen molar-refractivity contribution in [1.29, 1.82) is 0 Å². The summed E-state index contributed by atoms with van der Waals surface area (Å²) in [5.41, 5.74) is 5.91. The van der Waals surface area contributed by atoms with Gasteiger partial charge in [0.15, 0.2) is 0 Å². The van der Waals surface area contributed by atoms with Gasteiger partial charge in [0.1, 0.15) is 6.61 Å². The van der Waals surface area contributed by atoms with E-state index in [2.05, 4.69) is 45.5 Å². The van der Waals surface area contributed by atoms with Gasteiger partial charge in [-0.2, -0.15) is 0 Å². The van der Waals surface area contributed by atoms with E-state index in [1.807, 2.05) is 48.5 Å². The van der Waals surface area contributed by atoms with Gasteiger partial charge in [-0.3, -0.25) is 0 Å². The zero-order chi connectivity index (χ0) is 17.9. The zero-order valence-corrected chi connectivity index (χ0v) is 15.7. The Hall–Kier alpha value is -2.59. The van der Waals surface area contributed by atoms with Crippen LogP contribution in [0.2, 0.25) is 0 Å². The number of benzene rings is 3. The number of carbonyl (C=O) groups excluding carboxylic acids is 1. The van der Waals surface area contributed by atoms with Crippen molar-refractivity contribution in [2.75, 3.05) is 6.61 Å². The van der Waals surface area contributed by atoms with Crippen molar-refractivity contribution in [1.82, 2.24) is 5.32 Å². The van der Waals surface area contributed by atoms with Crippen LogP contribution in [0.4, 0.5) is 4.79 Å². The molecular formula is C22H18BrNO2. The molecule has 0 aromatic heterocycles. The van der Waals surface area contributed by atoms with E-state index in [-0.39, 0.29) is 5.92 Å². The number of fused-ring (bicyclic) bond motifs is 3. The first-order chi connectivity index (χ1) is 12.7. The number of hydrogen-bond acceptors (Lipinski definition) is 2. The maximum atomic E-state index is 12.1. The van der Waals surface area contributed by atoms with Gasteiger partial charge in [-0.25, -0.2) is 4.79 Å². The average Bonchev–Trinajstić information content (AvgIpc) is 2.99. The Labute approximate surface area is 161 Å². The number of amides is 1. The second-order valence-electron chi connectivity index (χ2n) is 6.31. The molecule has 0 saturated heterocycles. The van der Waals surface area contributed by atoms with Crippen molar-refractivity contribution >= 4 is 22.0 Å². The molecule has 1 amide bonds. The molecular weight excluding hydrogens is 390 g/mol.